The van der Waals surface area contributed by atoms with Crippen molar-refractivity contribution in [3.8, 4) is 0 Å². The van der Waals surface area contributed by atoms with E-state index in [0.717, 1.165) is 25.7 Å². The molecule has 1 aromatic heterocycles. The van der Waals surface area contributed by atoms with E-state index >= 15 is 0 Å². The summed E-state index contributed by atoms with van der Waals surface area (Å²) in [5.74, 6) is 0.393. The Morgan fingerprint density at radius 1 is 1.40 bits per heavy atom. The Morgan fingerprint density at radius 3 is 2.65 bits per heavy atom. The van der Waals surface area contributed by atoms with Crippen LogP contribution >= 0.6 is 15.9 Å². The third-order valence-electron chi connectivity index (χ3n) is 3.54. The number of pyridine rings is 1. The lowest BCUT2D eigenvalue weighted by Gasteiger charge is -2.25. The van der Waals surface area contributed by atoms with Gasteiger partial charge in [0.25, 0.3) is 0 Å². The minimum atomic E-state index is -3.58. The van der Waals surface area contributed by atoms with Gasteiger partial charge in [-0.25, -0.2) is 18.1 Å². The molecule has 2 rings (SSSR count). The summed E-state index contributed by atoms with van der Waals surface area (Å²) in [4.78, 5) is 4.35. The van der Waals surface area contributed by atoms with E-state index in [2.05, 4.69) is 31.0 Å². The summed E-state index contributed by atoms with van der Waals surface area (Å²) in [7, 11) is -3.58. The van der Waals surface area contributed by atoms with Crippen LogP contribution in [-0.4, -0.2) is 25.5 Å². The van der Waals surface area contributed by atoms with Gasteiger partial charge in [0, 0.05) is 22.8 Å². The molecule has 1 aliphatic rings. The molecule has 0 spiro atoms. The van der Waals surface area contributed by atoms with Gasteiger partial charge in [0.15, 0.2) is 0 Å². The van der Waals surface area contributed by atoms with Crippen LogP contribution in [0.2, 0.25) is 0 Å². The molecule has 5 nitrogen and oxygen atoms in total. The van der Waals surface area contributed by atoms with Crippen LogP contribution in [0.15, 0.2) is 21.6 Å². The van der Waals surface area contributed by atoms with Crippen molar-refractivity contribution in [1.29, 1.82) is 0 Å². The molecule has 1 saturated carbocycles. The number of halogens is 1. The number of sulfonamides is 1. The van der Waals surface area contributed by atoms with Gasteiger partial charge in [-0.1, -0.05) is 12.8 Å². The van der Waals surface area contributed by atoms with Gasteiger partial charge < -0.3 is 5.32 Å². The molecule has 1 fully saturated rings. The summed E-state index contributed by atoms with van der Waals surface area (Å²) < 4.78 is 28.8. The van der Waals surface area contributed by atoms with Gasteiger partial charge in [-0.15, -0.1) is 0 Å². The third-order valence-corrected chi connectivity index (χ3v) is 5.63. The molecule has 0 aromatic carbocycles. The number of anilines is 1. The van der Waals surface area contributed by atoms with E-state index in [9.17, 15) is 8.42 Å². The van der Waals surface area contributed by atoms with Crippen LogP contribution in [0.4, 0.5) is 5.82 Å². The highest BCUT2D eigenvalue weighted by atomic mass is 79.9. The Morgan fingerprint density at radius 2 is 2.05 bits per heavy atom. The molecule has 0 atom stereocenters. The van der Waals surface area contributed by atoms with E-state index in [4.69, 9.17) is 0 Å². The van der Waals surface area contributed by atoms with E-state index in [1.807, 2.05) is 13.8 Å². The summed E-state index contributed by atoms with van der Waals surface area (Å²) in [6.07, 6.45) is 5.48. The summed E-state index contributed by atoms with van der Waals surface area (Å²) in [5.41, 5.74) is -0.343. The van der Waals surface area contributed by atoms with Gasteiger partial charge in [-0.3, -0.25) is 0 Å². The largest absolute Gasteiger partial charge is 0.369 e. The fraction of sp³-hybridized carbons (Fsp3) is 0.615. The number of nitrogens with zero attached hydrogens (tertiary/aromatic N) is 1. The minimum absolute atomic E-state index is 0.196. The molecule has 0 saturated heterocycles. The zero-order chi connectivity index (χ0) is 14.8. The minimum Gasteiger partial charge on any atom is -0.369 e. The normalized spacial score (nSPS) is 18.1. The fourth-order valence-electron chi connectivity index (χ4n) is 2.56. The average molecular weight is 362 g/mol. The lowest BCUT2D eigenvalue weighted by molar-refractivity contribution is 0.427. The first-order chi connectivity index (χ1) is 9.36. The van der Waals surface area contributed by atoms with Crippen molar-refractivity contribution >= 4 is 31.8 Å². The van der Waals surface area contributed by atoms with E-state index in [-0.39, 0.29) is 10.4 Å². The topological polar surface area (TPSA) is 71.1 Å². The summed E-state index contributed by atoms with van der Waals surface area (Å²) in [5, 5.41) is 3.00. The first-order valence-corrected chi connectivity index (χ1v) is 9.07. The van der Waals surface area contributed by atoms with Gasteiger partial charge in [-0.2, -0.15) is 0 Å². The number of hydrogen-bond donors (Lipinski definition) is 2. The lowest BCUT2D eigenvalue weighted by Crippen LogP contribution is -2.43. The second kappa shape index (κ2) is 5.99. The molecule has 0 amide bonds. The standard InChI is InChI=1S/C13H20BrN3O2S/c1-3-15-12-11(8-10(14)9-16-12)20(18,19)17-13(2)6-4-5-7-13/h8-9,17H,3-7H2,1-2H3,(H,15,16). The third kappa shape index (κ3) is 3.51. The Balaban J connectivity index is 2.35. The molecule has 0 aliphatic heterocycles. The predicted octanol–water partition coefficient (Wildman–Crippen LogP) is 2.89. The van der Waals surface area contributed by atoms with Crippen molar-refractivity contribution in [2.24, 2.45) is 0 Å². The molecule has 0 unspecified atom stereocenters. The van der Waals surface area contributed by atoms with Crippen molar-refractivity contribution in [3.63, 3.8) is 0 Å². The molecule has 7 heteroatoms. The summed E-state index contributed by atoms with van der Waals surface area (Å²) >= 11 is 3.28. The highest BCUT2D eigenvalue weighted by Crippen LogP contribution is 2.32. The Bertz CT molecular complexity index is 583. The fourth-order valence-corrected chi connectivity index (χ4v) is 4.67. The quantitative estimate of drug-likeness (QED) is 0.845. The first-order valence-electron chi connectivity index (χ1n) is 6.80. The van der Waals surface area contributed by atoms with Gasteiger partial charge in [0.05, 0.1) is 0 Å². The van der Waals surface area contributed by atoms with Crippen LogP contribution in [0.1, 0.15) is 39.5 Å². The van der Waals surface area contributed by atoms with Gasteiger partial charge >= 0.3 is 0 Å². The first kappa shape index (κ1) is 15.7. The van der Waals surface area contributed by atoms with Crippen molar-refractivity contribution in [2.45, 2.75) is 50.0 Å². The molecular weight excluding hydrogens is 342 g/mol. The smallest absolute Gasteiger partial charge is 0.244 e. The molecule has 1 aromatic rings. The van der Waals surface area contributed by atoms with Crippen LogP contribution in [0, 0.1) is 0 Å². The van der Waals surface area contributed by atoms with Crippen LogP contribution in [-0.2, 0) is 10.0 Å². The maximum atomic E-state index is 12.6. The highest BCUT2D eigenvalue weighted by molar-refractivity contribution is 9.10. The molecule has 112 valence electrons. The molecule has 1 heterocycles. The van der Waals surface area contributed by atoms with Crippen LogP contribution < -0.4 is 10.0 Å². The summed E-state index contributed by atoms with van der Waals surface area (Å²) in [6, 6.07) is 1.59. The second-order valence-electron chi connectivity index (χ2n) is 5.40. The lowest BCUT2D eigenvalue weighted by atomic mass is 10.0. The van der Waals surface area contributed by atoms with Gasteiger partial charge in [0.1, 0.15) is 10.7 Å². The highest BCUT2D eigenvalue weighted by Gasteiger charge is 2.34. The Labute approximate surface area is 128 Å². The second-order valence-corrected chi connectivity index (χ2v) is 7.97. The van der Waals surface area contributed by atoms with E-state index in [1.165, 1.54) is 0 Å². The monoisotopic (exact) mass is 361 g/mol. The molecule has 0 radical (unpaired) electrons. The van der Waals surface area contributed by atoms with Crippen LogP contribution in [0.25, 0.3) is 0 Å². The molecule has 2 N–H and O–H groups in total. The van der Waals surface area contributed by atoms with Crippen LogP contribution in [0.3, 0.4) is 0 Å². The Hall–Kier alpha value is -0.660. The van der Waals surface area contributed by atoms with Gasteiger partial charge in [-0.05, 0) is 48.7 Å². The average Bonchev–Trinajstić information content (AvgIpc) is 2.77. The van der Waals surface area contributed by atoms with Gasteiger partial charge in [0.2, 0.25) is 10.0 Å². The maximum Gasteiger partial charge on any atom is 0.244 e. The zero-order valence-electron chi connectivity index (χ0n) is 11.7. The molecule has 0 bridgehead atoms. The molecule has 20 heavy (non-hydrogen) atoms. The Kier molecular flexibility index (Phi) is 4.71. The predicted molar refractivity (Wildman–Crippen MR) is 83.3 cm³/mol. The van der Waals surface area contributed by atoms with E-state index in [1.54, 1.807) is 12.3 Å². The van der Waals surface area contributed by atoms with E-state index in [0.29, 0.717) is 16.8 Å². The molecular formula is C13H20BrN3O2S. The SMILES string of the molecule is CCNc1ncc(Br)cc1S(=O)(=O)NC1(C)CCCC1. The van der Waals surface area contributed by atoms with E-state index < -0.39 is 10.0 Å². The van der Waals surface area contributed by atoms with Crippen molar-refractivity contribution in [1.82, 2.24) is 9.71 Å². The van der Waals surface area contributed by atoms with Crippen molar-refractivity contribution in [2.75, 3.05) is 11.9 Å². The van der Waals surface area contributed by atoms with Crippen molar-refractivity contribution < 1.29 is 8.42 Å². The van der Waals surface area contributed by atoms with Crippen LogP contribution in [0.5, 0.6) is 0 Å². The number of rotatable bonds is 5. The summed E-state index contributed by atoms with van der Waals surface area (Å²) in [6.45, 7) is 4.50. The van der Waals surface area contributed by atoms with Crippen molar-refractivity contribution in [3.05, 3.63) is 16.7 Å². The number of aromatic nitrogens is 1. The maximum absolute atomic E-state index is 12.6. The molecule has 1 aliphatic carbocycles. The number of nitrogens with one attached hydrogen (secondary N) is 2. The number of hydrogen-bond acceptors (Lipinski definition) is 4. The zero-order valence-corrected chi connectivity index (χ0v) is 14.1.